The van der Waals surface area contributed by atoms with Crippen LogP contribution in [0.5, 0.6) is 0 Å². The van der Waals surface area contributed by atoms with E-state index in [9.17, 15) is 81.5 Å². The van der Waals surface area contributed by atoms with Gasteiger partial charge in [-0.1, -0.05) is 40.0 Å². The zero-order valence-corrected chi connectivity index (χ0v) is 87.6. The van der Waals surface area contributed by atoms with E-state index in [1.165, 1.54) is 0 Å². The zero-order valence-electron chi connectivity index (χ0n) is 87.6. The van der Waals surface area contributed by atoms with Crippen molar-refractivity contribution in [3.05, 3.63) is 0 Å². The van der Waals surface area contributed by atoms with Crippen LogP contribution in [0, 0.1) is 11.3 Å². The summed E-state index contributed by atoms with van der Waals surface area (Å²) in [4.78, 5) is 206. The number of nitrogens with one attached hydrogen (secondary N) is 1. The molecular formula is C107H183NO34. The molecule has 0 fully saturated rings. The third kappa shape index (κ3) is 94.4. The molecule has 0 aliphatic heterocycles. The first-order valence-corrected chi connectivity index (χ1v) is 54.2. The van der Waals surface area contributed by atoms with E-state index in [1.807, 2.05) is 6.92 Å². The predicted molar refractivity (Wildman–Crippen MR) is 529 cm³/mol. The van der Waals surface area contributed by atoms with Crippen molar-refractivity contribution in [2.24, 2.45) is 11.3 Å². The van der Waals surface area contributed by atoms with Crippen molar-refractivity contribution in [2.45, 2.75) is 452 Å². The number of alkyl carbamates (subject to hydrolysis) is 1. The van der Waals surface area contributed by atoms with Crippen molar-refractivity contribution >= 4 is 102 Å². The van der Waals surface area contributed by atoms with Crippen LogP contribution in [-0.4, -0.2) is 220 Å². The lowest BCUT2D eigenvalue weighted by Gasteiger charge is -2.20. The number of rotatable bonds is 101. The van der Waals surface area contributed by atoms with Crippen molar-refractivity contribution < 1.29 is 162 Å². The highest BCUT2D eigenvalue weighted by Crippen LogP contribution is 2.23. The second kappa shape index (κ2) is 97.8. The Balaban J connectivity index is 3.55. The van der Waals surface area contributed by atoms with Gasteiger partial charge in [0.15, 0.2) is 0 Å². The molecule has 0 heterocycles. The van der Waals surface area contributed by atoms with Crippen molar-refractivity contribution in [3.8, 4) is 0 Å². The SMILES string of the molecule is CCCCC(CC)COC(=O)CCCCCOC(=O)CCCCCOC(=O)CCCCCOC(=O)CCCCCOC(=O)CCCCCOC(=O)CCCCCOC(=O)CCCCCOC(=O)CCCCCOC(=O)CCCCCOC(=O)CCCCCOC(=O)CCCCCOC(=O)CCCCCOC(=O)CCCCCOC(=O)CCCCCOC(=O)CCCCCOC(=O)NCCOC(=O)C(C)(C)CC. The zero-order chi connectivity index (χ0) is 104. The molecule has 0 bridgehead atoms. The minimum Gasteiger partial charge on any atom is -0.466 e. The Bertz CT molecular complexity index is 3200. The first-order valence-electron chi connectivity index (χ1n) is 54.2. The topological polar surface area (TPSA) is 459 Å². The average molecular weight is 2030 g/mol. The number of carbonyl (C=O) groups is 17. The van der Waals surface area contributed by atoms with E-state index in [0.29, 0.717) is 315 Å². The summed E-state index contributed by atoms with van der Waals surface area (Å²) in [5.74, 6) is -4.09. The quantitative estimate of drug-likeness (QED) is 0.0336. The summed E-state index contributed by atoms with van der Waals surface area (Å²) in [5, 5.41) is 2.53. The number of ether oxygens (including phenoxy) is 17. The van der Waals surface area contributed by atoms with Crippen LogP contribution in [-0.2, 0) is 157 Å². The summed E-state index contributed by atoms with van der Waals surface area (Å²) < 4.78 is 90.1. The van der Waals surface area contributed by atoms with Gasteiger partial charge in [-0.15, -0.1) is 0 Å². The molecule has 0 aliphatic rings. The molecule has 0 aromatic heterocycles. The van der Waals surface area contributed by atoms with Gasteiger partial charge in [-0.05, 0) is 322 Å². The highest BCUT2D eigenvalue weighted by Gasteiger charge is 2.27. The Morgan fingerprint density at radius 1 is 0.190 bits per heavy atom. The van der Waals surface area contributed by atoms with Crippen molar-refractivity contribution in [2.75, 3.05) is 119 Å². The molecular weight excluding hydrogens is 1840 g/mol. The number of hydrogen-bond donors (Lipinski definition) is 1. The van der Waals surface area contributed by atoms with Gasteiger partial charge in [0, 0.05) is 96.3 Å². The molecule has 1 amide bonds. The largest absolute Gasteiger partial charge is 0.466 e. The normalized spacial score (nSPS) is 11.2. The summed E-state index contributed by atoms with van der Waals surface area (Å²) in [7, 11) is 0. The van der Waals surface area contributed by atoms with Crippen LogP contribution in [0.25, 0.3) is 0 Å². The Morgan fingerprint density at radius 3 is 0.507 bits per heavy atom. The minimum atomic E-state index is -0.593. The van der Waals surface area contributed by atoms with Crippen LogP contribution >= 0.6 is 0 Å². The van der Waals surface area contributed by atoms with E-state index in [4.69, 9.17) is 80.5 Å². The molecule has 1 unspecified atom stereocenters. The molecule has 0 aliphatic carbocycles. The van der Waals surface area contributed by atoms with E-state index >= 15 is 0 Å². The van der Waals surface area contributed by atoms with Crippen molar-refractivity contribution in [1.82, 2.24) is 5.32 Å². The van der Waals surface area contributed by atoms with Crippen LogP contribution in [0.3, 0.4) is 0 Å². The number of amides is 1. The maximum absolute atomic E-state index is 12.2. The molecule has 35 heteroatoms. The number of unbranched alkanes of at least 4 members (excludes halogenated alkanes) is 31. The molecule has 1 N–H and O–H groups in total. The summed E-state index contributed by atoms with van der Waals surface area (Å²) >= 11 is 0. The van der Waals surface area contributed by atoms with Crippen LogP contribution < -0.4 is 5.32 Å². The molecule has 0 radical (unpaired) electrons. The van der Waals surface area contributed by atoms with Gasteiger partial charge in [-0.2, -0.15) is 0 Å². The minimum absolute atomic E-state index is 0.0644. The van der Waals surface area contributed by atoms with E-state index in [1.54, 1.807) is 13.8 Å². The fourth-order valence-electron chi connectivity index (χ4n) is 13.9. The third-order valence-electron chi connectivity index (χ3n) is 23.4. The van der Waals surface area contributed by atoms with Gasteiger partial charge in [0.25, 0.3) is 0 Å². The lowest BCUT2D eigenvalue weighted by molar-refractivity contribution is -0.154. The second-order valence-corrected chi connectivity index (χ2v) is 36.8. The van der Waals surface area contributed by atoms with E-state index < -0.39 is 11.5 Å². The fourth-order valence-corrected chi connectivity index (χ4v) is 13.9. The summed E-state index contributed by atoms with van der Waals surface area (Å²) in [6.45, 7) is 14.6. The molecule has 142 heavy (non-hydrogen) atoms. The van der Waals surface area contributed by atoms with Gasteiger partial charge in [-0.25, -0.2) is 4.79 Å². The lowest BCUT2D eigenvalue weighted by atomic mass is 9.91. The standard InChI is InChI=1S/C107H183NO34/c1-6-9-55-89(7-2)88-142-104(123)70-39-23-53-85-139-102(121)68-37-21-51-83-137-100(119)66-35-19-49-81-135-98(117)64-33-17-47-79-133-96(115)62-31-15-45-77-131-94(113)60-29-13-43-75-129-92(111)58-27-11-41-73-127-90(109)56-25-10-40-72-126-91(110)57-26-12-42-74-128-93(112)59-28-14-44-76-130-95(114)61-30-16-46-78-132-97(116)63-32-18-48-80-134-99(118)65-34-20-50-82-136-101(120)67-36-22-52-84-138-103(122)69-38-24-54-86-141-106(125)108-71-87-140-105(124)107(4,5)8-3/h89H,6-88H2,1-5H3,(H,108,125). The Hall–Kier alpha value is -9.21. The first-order chi connectivity index (χ1) is 68.8. The average Bonchev–Trinajstić information content (AvgIpc) is 0.895. The lowest BCUT2D eigenvalue weighted by Crippen LogP contribution is -2.32. The highest BCUT2D eigenvalue weighted by atomic mass is 16.6. The highest BCUT2D eigenvalue weighted by molar-refractivity contribution is 5.77. The number of esters is 16. The Morgan fingerprint density at radius 2 is 0.352 bits per heavy atom. The van der Waals surface area contributed by atoms with E-state index in [-0.39, 0.29) is 278 Å². The van der Waals surface area contributed by atoms with Gasteiger partial charge < -0.3 is 85.8 Å². The Labute approximate surface area is 847 Å². The molecule has 0 aromatic rings. The maximum Gasteiger partial charge on any atom is 0.407 e. The van der Waals surface area contributed by atoms with Crippen LogP contribution in [0.1, 0.15) is 452 Å². The first kappa shape index (κ1) is 133. The molecule has 35 nitrogen and oxygen atoms in total. The summed E-state index contributed by atoms with van der Waals surface area (Å²) in [6.07, 6.45) is 38.1. The van der Waals surface area contributed by atoms with E-state index in [0.717, 1.165) is 44.9 Å². The summed E-state index contributed by atoms with van der Waals surface area (Å²) in [6, 6.07) is 0. The monoisotopic (exact) mass is 2030 g/mol. The molecule has 0 saturated heterocycles. The second-order valence-electron chi connectivity index (χ2n) is 36.8. The van der Waals surface area contributed by atoms with E-state index in [2.05, 4.69) is 19.2 Å². The molecule has 0 rings (SSSR count). The van der Waals surface area contributed by atoms with Gasteiger partial charge >= 0.3 is 102 Å². The third-order valence-corrected chi connectivity index (χ3v) is 23.4. The number of hydrogen-bond acceptors (Lipinski definition) is 34. The van der Waals surface area contributed by atoms with Crippen LogP contribution in [0.2, 0.25) is 0 Å². The Kier molecular flexibility index (Phi) is 91.5. The van der Waals surface area contributed by atoms with Crippen molar-refractivity contribution in [1.29, 1.82) is 0 Å². The molecule has 820 valence electrons. The van der Waals surface area contributed by atoms with Crippen LogP contribution in [0.15, 0.2) is 0 Å². The summed E-state index contributed by atoms with van der Waals surface area (Å²) in [5.41, 5.74) is -0.571. The molecule has 0 saturated carbocycles. The molecule has 0 aromatic carbocycles. The van der Waals surface area contributed by atoms with Crippen LogP contribution in [0.4, 0.5) is 4.79 Å². The molecule has 1 atom stereocenters. The maximum atomic E-state index is 12.2. The van der Waals surface area contributed by atoms with Gasteiger partial charge in [0.05, 0.1) is 118 Å². The smallest absolute Gasteiger partial charge is 0.407 e. The molecule has 0 spiro atoms. The fraction of sp³-hybridized carbons (Fsp3) is 0.841. The van der Waals surface area contributed by atoms with Gasteiger partial charge in [0.2, 0.25) is 0 Å². The van der Waals surface area contributed by atoms with Gasteiger partial charge in [-0.3, -0.25) is 76.7 Å². The van der Waals surface area contributed by atoms with Crippen molar-refractivity contribution in [3.63, 3.8) is 0 Å². The predicted octanol–water partition coefficient (Wildman–Crippen LogP) is 20.5. The van der Waals surface area contributed by atoms with Gasteiger partial charge in [0.1, 0.15) is 6.61 Å². The number of carbonyl (C=O) groups excluding carboxylic acids is 17.